The molecule has 0 aromatic heterocycles. The maximum Gasteiger partial charge on any atom is 0.339 e. The van der Waals surface area contributed by atoms with Crippen molar-refractivity contribution in [1.29, 1.82) is 0 Å². The van der Waals surface area contributed by atoms with Gasteiger partial charge in [0.1, 0.15) is 11.3 Å². The van der Waals surface area contributed by atoms with Gasteiger partial charge in [0.05, 0.1) is 4.92 Å². The summed E-state index contributed by atoms with van der Waals surface area (Å²) in [6.07, 6.45) is 0. The number of aryl methyl sites for hydroxylation is 1. The number of ether oxygens (including phenoxy) is 1. The number of carbonyl (C=O) groups is 1. The van der Waals surface area contributed by atoms with Gasteiger partial charge in [0.25, 0.3) is 0 Å². The number of hydrogen-bond acceptors (Lipinski definition) is 4. The van der Waals surface area contributed by atoms with Gasteiger partial charge in [-0.1, -0.05) is 17.7 Å². The molecule has 7 heteroatoms. The summed E-state index contributed by atoms with van der Waals surface area (Å²) in [7, 11) is 0. The Hall–Kier alpha value is -2.60. The van der Waals surface area contributed by atoms with E-state index in [0.29, 0.717) is 0 Å². The minimum atomic E-state index is -1.19. The maximum atomic E-state index is 11.2. The second-order valence-corrected chi connectivity index (χ2v) is 4.71. The van der Waals surface area contributed by atoms with E-state index < -0.39 is 10.9 Å². The van der Waals surface area contributed by atoms with Crippen molar-refractivity contribution in [3.63, 3.8) is 0 Å². The van der Waals surface area contributed by atoms with Crippen molar-refractivity contribution >= 4 is 23.3 Å². The number of nitrogens with zero attached hydrogens (tertiary/aromatic N) is 1. The van der Waals surface area contributed by atoms with Crippen LogP contribution < -0.4 is 4.74 Å². The molecule has 0 aliphatic heterocycles. The van der Waals surface area contributed by atoms with Crippen LogP contribution in [0.15, 0.2) is 36.4 Å². The van der Waals surface area contributed by atoms with Gasteiger partial charge in [-0.05, 0) is 30.7 Å². The van der Waals surface area contributed by atoms with Crippen LogP contribution in [0.1, 0.15) is 15.9 Å². The number of halogens is 1. The Labute approximate surface area is 124 Å². The van der Waals surface area contributed by atoms with Crippen LogP contribution >= 0.6 is 11.6 Å². The predicted octanol–water partition coefficient (Wildman–Crippen LogP) is 4.05. The zero-order valence-electron chi connectivity index (χ0n) is 10.9. The third-order valence-corrected chi connectivity index (χ3v) is 2.94. The first kappa shape index (κ1) is 14.8. The third kappa shape index (κ3) is 3.29. The van der Waals surface area contributed by atoms with Crippen LogP contribution in [-0.4, -0.2) is 16.0 Å². The number of aromatic carboxylic acids is 1. The summed E-state index contributed by atoms with van der Waals surface area (Å²) in [6, 6.07) is 8.32. The number of rotatable bonds is 4. The van der Waals surface area contributed by atoms with Gasteiger partial charge < -0.3 is 9.84 Å². The van der Waals surface area contributed by atoms with Gasteiger partial charge in [-0.2, -0.15) is 0 Å². The lowest BCUT2D eigenvalue weighted by Crippen LogP contribution is -2.01. The van der Waals surface area contributed by atoms with Crippen molar-refractivity contribution in [2.24, 2.45) is 0 Å². The minimum absolute atomic E-state index is 0.0212. The summed E-state index contributed by atoms with van der Waals surface area (Å²) in [4.78, 5) is 21.5. The third-order valence-electron chi connectivity index (χ3n) is 2.71. The van der Waals surface area contributed by atoms with Crippen LogP contribution in [0.3, 0.4) is 0 Å². The van der Waals surface area contributed by atoms with Crippen LogP contribution in [0.25, 0.3) is 0 Å². The second kappa shape index (κ2) is 5.80. The van der Waals surface area contributed by atoms with Crippen molar-refractivity contribution in [3.05, 3.63) is 62.7 Å². The van der Waals surface area contributed by atoms with Crippen molar-refractivity contribution in [3.8, 4) is 11.5 Å². The van der Waals surface area contributed by atoms with E-state index in [0.717, 1.165) is 5.56 Å². The van der Waals surface area contributed by atoms with Gasteiger partial charge in [0.15, 0.2) is 0 Å². The molecule has 0 atom stereocenters. The largest absolute Gasteiger partial charge is 0.478 e. The van der Waals surface area contributed by atoms with Gasteiger partial charge in [-0.3, -0.25) is 10.1 Å². The standard InChI is InChI=1S/C14H10ClNO5/c1-8-2-4-10(14(17)18)12(6-8)21-13-7-9(15)3-5-11(13)16(19)20/h2-7H,1H3,(H,17,18). The van der Waals surface area contributed by atoms with E-state index in [1.165, 1.54) is 30.3 Å². The van der Waals surface area contributed by atoms with E-state index in [9.17, 15) is 14.9 Å². The van der Waals surface area contributed by atoms with E-state index in [1.54, 1.807) is 13.0 Å². The molecule has 0 heterocycles. The molecule has 0 spiro atoms. The van der Waals surface area contributed by atoms with Gasteiger partial charge in [-0.25, -0.2) is 4.79 Å². The zero-order valence-corrected chi connectivity index (χ0v) is 11.6. The quantitative estimate of drug-likeness (QED) is 0.680. The number of carboxylic acid groups (broad SMARTS) is 1. The number of carboxylic acids is 1. The fraction of sp³-hybridized carbons (Fsp3) is 0.0714. The monoisotopic (exact) mass is 307 g/mol. The summed E-state index contributed by atoms with van der Waals surface area (Å²) < 4.78 is 5.42. The Morgan fingerprint density at radius 2 is 1.95 bits per heavy atom. The summed E-state index contributed by atoms with van der Waals surface area (Å²) in [5.74, 6) is -1.27. The number of nitro benzene ring substituents is 1. The average molecular weight is 308 g/mol. The maximum absolute atomic E-state index is 11.2. The first-order chi connectivity index (χ1) is 9.88. The summed E-state index contributed by atoms with van der Waals surface area (Å²) in [5.41, 5.74) is 0.381. The molecule has 0 amide bonds. The SMILES string of the molecule is Cc1ccc(C(=O)O)c(Oc2cc(Cl)ccc2[N+](=O)[O-])c1. The van der Waals surface area contributed by atoms with Crippen molar-refractivity contribution in [2.75, 3.05) is 0 Å². The van der Waals surface area contributed by atoms with Crippen molar-refractivity contribution in [2.45, 2.75) is 6.92 Å². The topological polar surface area (TPSA) is 89.7 Å². The molecule has 2 rings (SSSR count). The lowest BCUT2D eigenvalue weighted by Gasteiger charge is -2.10. The molecule has 0 radical (unpaired) electrons. The van der Waals surface area contributed by atoms with Crippen LogP contribution in [0.5, 0.6) is 11.5 Å². The summed E-state index contributed by atoms with van der Waals surface area (Å²) >= 11 is 5.80. The number of nitro groups is 1. The van der Waals surface area contributed by atoms with Gasteiger partial charge in [0, 0.05) is 17.2 Å². The Kier molecular flexibility index (Phi) is 4.09. The molecule has 0 unspecified atom stereocenters. The summed E-state index contributed by atoms with van der Waals surface area (Å²) in [6.45, 7) is 1.75. The highest BCUT2D eigenvalue weighted by Gasteiger charge is 2.19. The highest BCUT2D eigenvalue weighted by atomic mass is 35.5. The molecule has 0 aliphatic carbocycles. The molecule has 21 heavy (non-hydrogen) atoms. The van der Waals surface area contributed by atoms with E-state index in [1.807, 2.05) is 0 Å². The lowest BCUT2D eigenvalue weighted by molar-refractivity contribution is -0.385. The van der Waals surface area contributed by atoms with Crippen LogP contribution in [0.2, 0.25) is 5.02 Å². The molecule has 1 N–H and O–H groups in total. The molecule has 0 fully saturated rings. The van der Waals surface area contributed by atoms with Crippen LogP contribution in [0.4, 0.5) is 5.69 Å². The molecule has 0 aliphatic rings. The molecule has 108 valence electrons. The van der Waals surface area contributed by atoms with Crippen LogP contribution in [0, 0.1) is 17.0 Å². The Morgan fingerprint density at radius 1 is 1.24 bits per heavy atom. The molecule has 0 bridgehead atoms. The molecule has 6 nitrogen and oxygen atoms in total. The molecule has 2 aromatic carbocycles. The predicted molar refractivity (Wildman–Crippen MR) is 76.3 cm³/mol. The first-order valence-electron chi connectivity index (χ1n) is 5.84. The minimum Gasteiger partial charge on any atom is -0.478 e. The Balaban J connectivity index is 2.52. The normalized spacial score (nSPS) is 10.2. The first-order valence-corrected chi connectivity index (χ1v) is 6.22. The Bertz CT molecular complexity index is 668. The Morgan fingerprint density at radius 3 is 2.57 bits per heavy atom. The number of hydrogen-bond donors (Lipinski definition) is 1. The summed E-state index contributed by atoms with van der Waals surface area (Å²) in [5, 5.41) is 20.4. The van der Waals surface area contributed by atoms with Gasteiger partial charge in [0.2, 0.25) is 5.75 Å². The molecular formula is C14H10ClNO5. The molecule has 0 saturated heterocycles. The van der Waals surface area contributed by atoms with E-state index in [4.69, 9.17) is 21.4 Å². The van der Waals surface area contributed by atoms with E-state index in [-0.39, 0.29) is 27.8 Å². The molecule has 2 aromatic rings. The van der Waals surface area contributed by atoms with Crippen molar-refractivity contribution in [1.82, 2.24) is 0 Å². The average Bonchev–Trinajstić information content (AvgIpc) is 2.38. The van der Waals surface area contributed by atoms with Crippen LogP contribution in [-0.2, 0) is 0 Å². The van der Waals surface area contributed by atoms with Crippen molar-refractivity contribution < 1.29 is 19.6 Å². The fourth-order valence-electron chi connectivity index (χ4n) is 1.73. The number of benzene rings is 2. The van der Waals surface area contributed by atoms with E-state index in [2.05, 4.69) is 0 Å². The highest BCUT2D eigenvalue weighted by Crippen LogP contribution is 2.35. The smallest absolute Gasteiger partial charge is 0.339 e. The molecule has 0 saturated carbocycles. The van der Waals surface area contributed by atoms with E-state index >= 15 is 0 Å². The van der Waals surface area contributed by atoms with Gasteiger partial charge in [-0.15, -0.1) is 0 Å². The highest BCUT2D eigenvalue weighted by molar-refractivity contribution is 6.30. The lowest BCUT2D eigenvalue weighted by atomic mass is 10.1. The fourth-order valence-corrected chi connectivity index (χ4v) is 1.89. The molecular weight excluding hydrogens is 298 g/mol. The van der Waals surface area contributed by atoms with Gasteiger partial charge >= 0.3 is 11.7 Å². The second-order valence-electron chi connectivity index (χ2n) is 4.28. The zero-order chi connectivity index (χ0) is 15.6.